The first-order chi connectivity index (χ1) is 14.7. The van der Waals surface area contributed by atoms with Crippen molar-refractivity contribution >= 4 is 29.0 Å². The molecule has 2 aromatic heterocycles. The molecular formula is C21H24N4O3S2. The van der Waals surface area contributed by atoms with Crippen molar-refractivity contribution < 1.29 is 14.3 Å². The number of thioether (sulfide) groups is 1. The zero-order valence-corrected chi connectivity index (χ0v) is 18.6. The number of hydrogen-bond acceptors (Lipinski definition) is 7. The number of rotatable bonds is 10. The van der Waals surface area contributed by atoms with E-state index in [0.29, 0.717) is 29.8 Å². The number of thiophene rings is 1. The molecule has 1 fully saturated rings. The third kappa shape index (κ3) is 4.96. The van der Waals surface area contributed by atoms with Gasteiger partial charge in [-0.05, 0) is 42.0 Å². The fraction of sp³-hybridized carbons (Fsp3) is 0.381. The van der Waals surface area contributed by atoms with Gasteiger partial charge < -0.3 is 19.4 Å². The third-order valence-electron chi connectivity index (χ3n) is 4.83. The predicted octanol–water partition coefficient (Wildman–Crippen LogP) is 3.69. The van der Waals surface area contributed by atoms with Crippen LogP contribution in [0.5, 0.6) is 11.5 Å². The van der Waals surface area contributed by atoms with E-state index in [1.54, 1.807) is 25.6 Å². The summed E-state index contributed by atoms with van der Waals surface area (Å²) in [5.41, 5.74) is 0.949. The molecule has 1 saturated carbocycles. The van der Waals surface area contributed by atoms with Crippen molar-refractivity contribution in [3.63, 3.8) is 0 Å². The van der Waals surface area contributed by atoms with Crippen LogP contribution in [-0.4, -0.2) is 40.6 Å². The van der Waals surface area contributed by atoms with Crippen LogP contribution in [0, 0.1) is 0 Å². The van der Waals surface area contributed by atoms with Gasteiger partial charge in [0.1, 0.15) is 5.82 Å². The van der Waals surface area contributed by atoms with Crippen LogP contribution in [0.25, 0.3) is 0 Å². The van der Waals surface area contributed by atoms with Gasteiger partial charge in [-0.25, -0.2) is 0 Å². The topological polar surface area (TPSA) is 78.3 Å². The molecular weight excluding hydrogens is 420 g/mol. The van der Waals surface area contributed by atoms with Crippen molar-refractivity contribution in [2.75, 3.05) is 20.0 Å². The zero-order valence-electron chi connectivity index (χ0n) is 17.0. The SMILES string of the molecule is COc1ccc(CNC(=O)CSc2nnc(Cc3cccs3)n2C2CC2)cc1OC. The Morgan fingerprint density at radius 2 is 2.07 bits per heavy atom. The molecule has 1 N–H and O–H groups in total. The Labute approximate surface area is 183 Å². The molecule has 0 aliphatic heterocycles. The van der Waals surface area contributed by atoms with Crippen molar-refractivity contribution in [3.05, 3.63) is 52.0 Å². The predicted molar refractivity (Wildman–Crippen MR) is 118 cm³/mol. The monoisotopic (exact) mass is 444 g/mol. The number of nitrogens with one attached hydrogen (secondary N) is 1. The molecule has 0 bridgehead atoms. The van der Waals surface area contributed by atoms with E-state index in [2.05, 4.69) is 37.6 Å². The third-order valence-corrected chi connectivity index (χ3v) is 6.65. The lowest BCUT2D eigenvalue weighted by molar-refractivity contribution is -0.118. The molecule has 4 rings (SSSR count). The summed E-state index contributed by atoms with van der Waals surface area (Å²) in [6, 6.07) is 10.2. The van der Waals surface area contributed by atoms with Crippen LogP contribution in [0.1, 0.15) is 35.1 Å². The minimum atomic E-state index is -0.0417. The van der Waals surface area contributed by atoms with Gasteiger partial charge in [0, 0.05) is 23.9 Å². The van der Waals surface area contributed by atoms with Gasteiger partial charge in [0.25, 0.3) is 0 Å². The van der Waals surface area contributed by atoms with Gasteiger partial charge in [-0.2, -0.15) is 0 Å². The molecule has 1 aliphatic carbocycles. The van der Waals surface area contributed by atoms with Gasteiger partial charge in [-0.1, -0.05) is 23.9 Å². The van der Waals surface area contributed by atoms with Crippen LogP contribution in [0.2, 0.25) is 0 Å². The van der Waals surface area contributed by atoms with E-state index >= 15 is 0 Å². The number of aromatic nitrogens is 3. The van der Waals surface area contributed by atoms with Gasteiger partial charge in [-0.15, -0.1) is 21.5 Å². The maximum absolute atomic E-state index is 12.4. The Morgan fingerprint density at radius 3 is 2.77 bits per heavy atom. The van der Waals surface area contributed by atoms with Gasteiger partial charge in [0.15, 0.2) is 16.7 Å². The quantitative estimate of drug-likeness (QED) is 0.481. The first kappa shape index (κ1) is 20.7. The molecule has 2 heterocycles. The maximum atomic E-state index is 12.4. The average Bonchev–Trinajstić information content (AvgIpc) is 3.32. The van der Waals surface area contributed by atoms with Crippen LogP contribution in [0.4, 0.5) is 0 Å². The highest BCUT2D eigenvalue weighted by Gasteiger charge is 2.29. The van der Waals surface area contributed by atoms with Crippen molar-refractivity contribution in [3.8, 4) is 11.5 Å². The van der Waals surface area contributed by atoms with E-state index < -0.39 is 0 Å². The van der Waals surface area contributed by atoms with Gasteiger partial charge in [-0.3, -0.25) is 4.79 Å². The summed E-state index contributed by atoms with van der Waals surface area (Å²) in [7, 11) is 3.20. The van der Waals surface area contributed by atoms with Crippen LogP contribution < -0.4 is 14.8 Å². The molecule has 0 radical (unpaired) electrons. The number of amides is 1. The summed E-state index contributed by atoms with van der Waals surface area (Å²) in [5, 5.41) is 14.6. The largest absolute Gasteiger partial charge is 0.493 e. The number of methoxy groups -OCH3 is 2. The molecule has 1 aliphatic rings. The minimum absolute atomic E-state index is 0.0417. The molecule has 9 heteroatoms. The molecule has 7 nitrogen and oxygen atoms in total. The first-order valence-electron chi connectivity index (χ1n) is 9.74. The summed E-state index contributed by atoms with van der Waals surface area (Å²) >= 11 is 3.17. The van der Waals surface area contributed by atoms with Crippen molar-refractivity contribution in [1.29, 1.82) is 0 Å². The van der Waals surface area contributed by atoms with E-state index in [1.807, 2.05) is 18.2 Å². The molecule has 1 amide bonds. The summed E-state index contributed by atoms with van der Waals surface area (Å²) in [6.07, 6.45) is 3.08. The molecule has 158 valence electrons. The van der Waals surface area contributed by atoms with Crippen LogP contribution in [-0.2, 0) is 17.8 Å². The Kier molecular flexibility index (Phi) is 6.59. The van der Waals surface area contributed by atoms with Crippen LogP contribution >= 0.6 is 23.1 Å². The number of benzene rings is 1. The van der Waals surface area contributed by atoms with E-state index in [0.717, 1.165) is 35.8 Å². The molecule has 0 unspecified atom stereocenters. The van der Waals surface area contributed by atoms with Gasteiger partial charge >= 0.3 is 0 Å². The number of hydrogen-bond donors (Lipinski definition) is 1. The first-order valence-corrected chi connectivity index (χ1v) is 11.6. The average molecular weight is 445 g/mol. The lowest BCUT2D eigenvalue weighted by Crippen LogP contribution is -2.24. The lowest BCUT2D eigenvalue weighted by atomic mass is 10.2. The molecule has 0 saturated heterocycles. The van der Waals surface area contributed by atoms with E-state index in [-0.39, 0.29) is 5.91 Å². The Morgan fingerprint density at radius 1 is 1.23 bits per heavy atom. The number of nitrogens with zero attached hydrogens (tertiary/aromatic N) is 3. The number of carbonyl (C=O) groups excluding carboxylic acids is 1. The number of carbonyl (C=O) groups is 1. The van der Waals surface area contributed by atoms with Gasteiger partial charge in [0.2, 0.25) is 5.91 Å². The zero-order chi connectivity index (χ0) is 20.9. The summed E-state index contributed by atoms with van der Waals surface area (Å²) < 4.78 is 12.8. The van der Waals surface area contributed by atoms with Crippen LogP contribution in [0.15, 0.2) is 40.9 Å². The van der Waals surface area contributed by atoms with E-state index in [1.165, 1.54) is 16.6 Å². The smallest absolute Gasteiger partial charge is 0.230 e. The second-order valence-corrected chi connectivity index (χ2v) is 8.99. The fourth-order valence-electron chi connectivity index (χ4n) is 3.17. The highest BCUT2D eigenvalue weighted by Crippen LogP contribution is 2.39. The summed E-state index contributed by atoms with van der Waals surface area (Å²) in [4.78, 5) is 13.7. The van der Waals surface area contributed by atoms with Crippen molar-refractivity contribution in [2.24, 2.45) is 0 Å². The molecule has 3 aromatic rings. The van der Waals surface area contributed by atoms with E-state index in [9.17, 15) is 4.79 Å². The van der Waals surface area contributed by atoms with Crippen LogP contribution in [0.3, 0.4) is 0 Å². The molecule has 30 heavy (non-hydrogen) atoms. The van der Waals surface area contributed by atoms with Crippen molar-refractivity contribution in [2.45, 2.75) is 37.0 Å². The summed E-state index contributed by atoms with van der Waals surface area (Å²) in [5.74, 6) is 2.56. The Bertz CT molecular complexity index is 1000. The number of ether oxygens (including phenoxy) is 2. The molecule has 1 aromatic carbocycles. The highest BCUT2D eigenvalue weighted by atomic mass is 32.2. The van der Waals surface area contributed by atoms with E-state index in [4.69, 9.17) is 9.47 Å². The normalized spacial score (nSPS) is 13.3. The maximum Gasteiger partial charge on any atom is 0.230 e. The second kappa shape index (κ2) is 9.53. The summed E-state index contributed by atoms with van der Waals surface area (Å²) in [6.45, 7) is 0.429. The highest BCUT2D eigenvalue weighted by molar-refractivity contribution is 7.99. The second-order valence-electron chi connectivity index (χ2n) is 7.01. The fourth-order valence-corrected chi connectivity index (χ4v) is 4.72. The minimum Gasteiger partial charge on any atom is -0.493 e. The lowest BCUT2D eigenvalue weighted by Gasteiger charge is -2.11. The van der Waals surface area contributed by atoms with Gasteiger partial charge in [0.05, 0.1) is 20.0 Å². The molecule has 0 spiro atoms. The Hall–Kier alpha value is -2.52. The van der Waals surface area contributed by atoms with Crippen molar-refractivity contribution in [1.82, 2.24) is 20.1 Å². The molecule has 0 atom stereocenters. The standard InChI is InChI=1S/C21H24N4O3S2/c1-27-17-8-5-14(10-18(17)28-2)12-22-20(26)13-30-21-24-23-19(25(21)15-6-7-15)11-16-4-3-9-29-16/h3-5,8-10,15H,6-7,11-13H2,1-2H3,(H,22,26). The Balaban J connectivity index is 1.33.